The lowest BCUT2D eigenvalue weighted by atomic mass is 9.91. The van der Waals surface area contributed by atoms with Crippen molar-refractivity contribution in [1.82, 2.24) is 0 Å². The summed E-state index contributed by atoms with van der Waals surface area (Å²) in [6, 6.07) is 30.6. The van der Waals surface area contributed by atoms with Gasteiger partial charge in [0.1, 0.15) is 0 Å². The van der Waals surface area contributed by atoms with Crippen LogP contribution in [0.5, 0.6) is 0 Å². The molecule has 0 N–H and O–H groups in total. The normalized spacial score (nSPS) is 10.7. The highest BCUT2D eigenvalue weighted by Gasteiger charge is 2.12. The third-order valence-electron chi connectivity index (χ3n) is 4.61. The molecule has 0 saturated heterocycles. The number of carbonyl (C=O) groups excluding carboxylic acids is 1. The first-order valence-electron chi connectivity index (χ1n) is 8.54. The van der Waals surface area contributed by atoms with Gasteiger partial charge in [0.15, 0.2) is 0 Å². The van der Waals surface area contributed by atoms with Crippen LogP contribution < -0.4 is 0 Å². The Kier molecular flexibility index (Phi) is 4.24. The minimum atomic E-state index is -0.321. The zero-order valence-electron chi connectivity index (χ0n) is 14.5. The Balaban J connectivity index is 1.97. The highest BCUT2D eigenvalue weighted by molar-refractivity contribution is 6.03. The van der Waals surface area contributed by atoms with Crippen molar-refractivity contribution in [3.63, 3.8) is 0 Å². The lowest BCUT2D eigenvalue weighted by Gasteiger charge is -2.13. The second-order valence-corrected chi connectivity index (χ2v) is 6.14. The molecule has 2 heteroatoms. The van der Waals surface area contributed by atoms with E-state index in [9.17, 15) is 4.79 Å². The molecule has 126 valence electrons. The summed E-state index contributed by atoms with van der Waals surface area (Å²) in [5.41, 5.74) is 5.15. The van der Waals surface area contributed by atoms with Crippen molar-refractivity contribution in [2.45, 2.75) is 0 Å². The number of hydrogen-bond donors (Lipinski definition) is 0. The summed E-state index contributed by atoms with van der Waals surface area (Å²) in [6.07, 6.45) is 0. The quantitative estimate of drug-likeness (QED) is 0.431. The number of benzene rings is 4. The first-order valence-corrected chi connectivity index (χ1v) is 8.54. The fourth-order valence-electron chi connectivity index (χ4n) is 3.34. The van der Waals surface area contributed by atoms with Crippen molar-refractivity contribution in [3.05, 3.63) is 96.6 Å². The zero-order valence-corrected chi connectivity index (χ0v) is 14.5. The van der Waals surface area contributed by atoms with E-state index in [1.54, 1.807) is 6.07 Å². The largest absolute Gasteiger partial charge is 0.465 e. The van der Waals surface area contributed by atoms with Crippen LogP contribution >= 0.6 is 0 Å². The number of esters is 1. The smallest absolute Gasteiger partial charge is 0.337 e. The van der Waals surface area contributed by atoms with E-state index >= 15 is 0 Å². The van der Waals surface area contributed by atoms with E-state index in [0.717, 1.165) is 21.9 Å². The van der Waals surface area contributed by atoms with Gasteiger partial charge in [0.2, 0.25) is 0 Å². The topological polar surface area (TPSA) is 26.3 Å². The summed E-state index contributed by atoms with van der Waals surface area (Å²) in [4.78, 5) is 12.0. The molecule has 4 aromatic carbocycles. The minimum absolute atomic E-state index is 0.321. The Morgan fingerprint density at radius 1 is 0.692 bits per heavy atom. The van der Waals surface area contributed by atoms with Crippen LogP contribution in [0.4, 0.5) is 0 Å². The van der Waals surface area contributed by atoms with Crippen LogP contribution in [0.15, 0.2) is 91.0 Å². The van der Waals surface area contributed by atoms with E-state index in [1.165, 1.54) is 18.2 Å². The van der Waals surface area contributed by atoms with Crippen LogP contribution in [0.1, 0.15) is 10.4 Å². The summed E-state index contributed by atoms with van der Waals surface area (Å²) < 4.78 is 4.88. The molecule has 0 radical (unpaired) electrons. The first-order chi connectivity index (χ1) is 12.8. The van der Waals surface area contributed by atoms with Crippen LogP contribution in [-0.4, -0.2) is 13.1 Å². The lowest BCUT2D eigenvalue weighted by molar-refractivity contribution is 0.0601. The van der Waals surface area contributed by atoms with E-state index in [2.05, 4.69) is 48.5 Å². The van der Waals surface area contributed by atoms with Gasteiger partial charge in [-0.2, -0.15) is 0 Å². The van der Waals surface area contributed by atoms with Gasteiger partial charge >= 0.3 is 5.97 Å². The molecule has 0 aliphatic heterocycles. The summed E-state index contributed by atoms with van der Waals surface area (Å²) in [6.45, 7) is 0. The van der Waals surface area contributed by atoms with Crippen LogP contribution in [0.25, 0.3) is 33.0 Å². The van der Waals surface area contributed by atoms with Gasteiger partial charge in [-0.1, -0.05) is 78.9 Å². The molecule has 0 aliphatic rings. The van der Waals surface area contributed by atoms with Crippen molar-refractivity contribution in [2.75, 3.05) is 7.11 Å². The van der Waals surface area contributed by atoms with Crippen molar-refractivity contribution in [1.29, 1.82) is 0 Å². The Morgan fingerprint density at radius 2 is 1.38 bits per heavy atom. The fourth-order valence-corrected chi connectivity index (χ4v) is 3.34. The molecular weight excluding hydrogens is 320 g/mol. The van der Waals surface area contributed by atoms with Crippen LogP contribution in [0.3, 0.4) is 0 Å². The molecule has 0 heterocycles. The summed E-state index contributed by atoms with van der Waals surface area (Å²) in [5.74, 6) is -0.321. The highest BCUT2D eigenvalue weighted by atomic mass is 16.5. The van der Waals surface area contributed by atoms with Crippen LogP contribution in [-0.2, 0) is 4.74 Å². The van der Waals surface area contributed by atoms with E-state index in [4.69, 9.17) is 4.74 Å². The second-order valence-electron chi connectivity index (χ2n) is 6.14. The molecule has 0 fully saturated rings. The van der Waals surface area contributed by atoms with Gasteiger partial charge in [0.05, 0.1) is 12.7 Å². The molecule has 0 aromatic heterocycles. The number of hydrogen-bond acceptors (Lipinski definition) is 2. The van der Waals surface area contributed by atoms with E-state index < -0.39 is 0 Å². The van der Waals surface area contributed by atoms with Crippen LogP contribution in [0, 0.1) is 0 Å². The average Bonchev–Trinajstić information content (AvgIpc) is 2.73. The lowest BCUT2D eigenvalue weighted by Crippen LogP contribution is -2.00. The van der Waals surface area contributed by atoms with Crippen molar-refractivity contribution >= 4 is 16.7 Å². The van der Waals surface area contributed by atoms with E-state index in [0.29, 0.717) is 5.56 Å². The fraction of sp³-hybridized carbons (Fsp3) is 0.0417. The monoisotopic (exact) mass is 338 g/mol. The summed E-state index contributed by atoms with van der Waals surface area (Å²) in [7, 11) is 1.41. The number of ether oxygens (including phenoxy) is 1. The van der Waals surface area contributed by atoms with Gasteiger partial charge in [0.25, 0.3) is 0 Å². The van der Waals surface area contributed by atoms with Gasteiger partial charge in [-0.05, 0) is 45.2 Å². The number of methoxy groups -OCH3 is 1. The second kappa shape index (κ2) is 6.85. The van der Waals surface area contributed by atoms with Crippen LogP contribution in [0.2, 0.25) is 0 Å². The van der Waals surface area contributed by atoms with Crippen molar-refractivity contribution in [3.8, 4) is 22.3 Å². The molecule has 0 unspecified atom stereocenters. The summed E-state index contributed by atoms with van der Waals surface area (Å²) >= 11 is 0. The van der Waals surface area contributed by atoms with Gasteiger partial charge in [-0.25, -0.2) is 4.79 Å². The molecule has 0 atom stereocenters. The maximum absolute atomic E-state index is 12.0. The Labute approximate surface area is 152 Å². The third-order valence-corrected chi connectivity index (χ3v) is 4.61. The number of carbonyl (C=O) groups is 1. The van der Waals surface area contributed by atoms with Gasteiger partial charge in [-0.15, -0.1) is 0 Å². The number of fused-ring (bicyclic) bond motifs is 1. The Hall–Kier alpha value is -3.39. The third kappa shape index (κ3) is 2.86. The molecule has 0 aliphatic carbocycles. The molecule has 0 spiro atoms. The molecule has 2 nitrogen and oxygen atoms in total. The molecule has 26 heavy (non-hydrogen) atoms. The van der Waals surface area contributed by atoms with Gasteiger partial charge in [0, 0.05) is 0 Å². The average molecular weight is 338 g/mol. The van der Waals surface area contributed by atoms with E-state index in [-0.39, 0.29) is 5.97 Å². The highest BCUT2D eigenvalue weighted by Crippen LogP contribution is 2.36. The maximum atomic E-state index is 12.0. The zero-order chi connectivity index (χ0) is 17.9. The first kappa shape index (κ1) is 16.1. The Bertz CT molecular complexity index is 1080. The van der Waals surface area contributed by atoms with Crippen molar-refractivity contribution in [2.24, 2.45) is 0 Å². The standard InChI is InChI=1S/C24H18O2/c1-26-24(25)19-15-14-18-10-7-13-22(23(18)16-19)21-12-6-5-11-20(21)17-8-3-2-4-9-17/h2-16H,1H3. The molecule has 4 aromatic rings. The van der Waals surface area contributed by atoms with E-state index in [1.807, 2.05) is 36.4 Å². The Morgan fingerprint density at radius 3 is 2.15 bits per heavy atom. The van der Waals surface area contributed by atoms with Gasteiger partial charge < -0.3 is 4.74 Å². The SMILES string of the molecule is COC(=O)c1ccc2cccc(-c3ccccc3-c3ccccc3)c2c1. The predicted octanol–water partition coefficient (Wildman–Crippen LogP) is 5.96. The number of rotatable bonds is 3. The minimum Gasteiger partial charge on any atom is -0.465 e. The molecule has 0 bridgehead atoms. The van der Waals surface area contributed by atoms with Gasteiger partial charge in [-0.3, -0.25) is 0 Å². The summed E-state index contributed by atoms with van der Waals surface area (Å²) in [5, 5.41) is 2.14. The maximum Gasteiger partial charge on any atom is 0.337 e. The predicted molar refractivity (Wildman–Crippen MR) is 106 cm³/mol. The molecule has 4 rings (SSSR count). The molecule has 0 saturated carbocycles. The molecule has 0 amide bonds. The van der Waals surface area contributed by atoms with Crippen molar-refractivity contribution < 1.29 is 9.53 Å². The molecular formula is C24H18O2.